The van der Waals surface area contributed by atoms with Crippen molar-refractivity contribution in [2.45, 2.75) is 31.3 Å². The Kier molecular flexibility index (Phi) is 3.51. The summed E-state index contributed by atoms with van der Waals surface area (Å²) in [4.78, 5) is 2.18. The van der Waals surface area contributed by atoms with Gasteiger partial charge in [-0.15, -0.1) is 0 Å². The molecule has 3 heteroatoms. The monoisotopic (exact) mass is 275 g/mol. The molecular weight excluding hydrogens is 250 g/mol. The minimum atomic E-state index is -0.785. The molecule has 4 atom stereocenters. The van der Waals surface area contributed by atoms with E-state index in [1.807, 2.05) is 12.1 Å². The number of fused-ring (bicyclic) bond motifs is 2. The van der Waals surface area contributed by atoms with Crippen LogP contribution in [0.4, 0.5) is 0 Å². The highest BCUT2D eigenvalue weighted by Crippen LogP contribution is 2.54. The largest absolute Gasteiger partial charge is 0.508 e. The van der Waals surface area contributed by atoms with Gasteiger partial charge in [-0.05, 0) is 62.9 Å². The average molecular weight is 275 g/mol. The molecule has 0 aliphatic heterocycles. The number of rotatable bonds is 3. The first-order valence-electron chi connectivity index (χ1n) is 7.65. The maximum Gasteiger partial charge on any atom is 0.115 e. The highest BCUT2D eigenvalue weighted by molar-refractivity contribution is 5.33. The molecule has 0 amide bonds. The number of benzene rings is 1. The molecule has 0 radical (unpaired) electrons. The molecule has 0 saturated heterocycles. The first-order valence-corrected chi connectivity index (χ1v) is 7.65. The Hall–Kier alpha value is -1.06. The van der Waals surface area contributed by atoms with Gasteiger partial charge in [0.25, 0.3) is 0 Å². The van der Waals surface area contributed by atoms with E-state index in [-0.39, 0.29) is 11.7 Å². The van der Waals surface area contributed by atoms with E-state index in [9.17, 15) is 10.2 Å². The second-order valence-corrected chi connectivity index (χ2v) is 6.99. The smallest absolute Gasteiger partial charge is 0.115 e. The van der Waals surface area contributed by atoms with Gasteiger partial charge in [0.2, 0.25) is 0 Å². The zero-order valence-corrected chi connectivity index (χ0v) is 12.4. The molecule has 2 N–H and O–H groups in total. The highest BCUT2D eigenvalue weighted by atomic mass is 16.3. The molecule has 3 rings (SSSR count). The van der Waals surface area contributed by atoms with Gasteiger partial charge in [0, 0.05) is 12.5 Å². The molecule has 0 spiro atoms. The van der Waals surface area contributed by atoms with Gasteiger partial charge in [0.15, 0.2) is 0 Å². The molecule has 2 aliphatic rings. The SMILES string of the molecule is CN(C)C[C@@H]1[C@H]2CC[C@H](C2)C[C@@]1(O)c1cccc(O)c1. The molecule has 2 bridgehead atoms. The summed E-state index contributed by atoms with van der Waals surface area (Å²) in [6.07, 6.45) is 4.59. The number of hydrogen-bond donors (Lipinski definition) is 2. The summed E-state index contributed by atoms with van der Waals surface area (Å²) in [5.74, 6) is 1.77. The number of hydrogen-bond acceptors (Lipinski definition) is 3. The fraction of sp³-hybridized carbons (Fsp3) is 0.647. The Morgan fingerprint density at radius 1 is 1.30 bits per heavy atom. The lowest BCUT2D eigenvalue weighted by Crippen LogP contribution is -2.47. The van der Waals surface area contributed by atoms with Crippen LogP contribution in [0.25, 0.3) is 0 Å². The number of phenols is 1. The second-order valence-electron chi connectivity index (χ2n) is 6.99. The predicted molar refractivity (Wildman–Crippen MR) is 79.5 cm³/mol. The predicted octanol–water partition coefficient (Wildman–Crippen LogP) is 2.58. The maximum absolute atomic E-state index is 11.4. The number of aliphatic hydroxyl groups is 1. The van der Waals surface area contributed by atoms with Gasteiger partial charge in [-0.2, -0.15) is 0 Å². The van der Waals surface area contributed by atoms with Gasteiger partial charge < -0.3 is 15.1 Å². The first kappa shape index (κ1) is 13.9. The fourth-order valence-electron chi connectivity index (χ4n) is 4.45. The minimum Gasteiger partial charge on any atom is -0.508 e. The van der Waals surface area contributed by atoms with E-state index in [0.29, 0.717) is 11.8 Å². The molecular formula is C17H25NO2. The third kappa shape index (κ3) is 2.33. The van der Waals surface area contributed by atoms with Crippen molar-refractivity contribution in [2.75, 3.05) is 20.6 Å². The maximum atomic E-state index is 11.4. The number of phenolic OH excluding ortho intramolecular Hbond substituents is 1. The molecule has 1 aromatic carbocycles. The van der Waals surface area contributed by atoms with Gasteiger partial charge in [-0.3, -0.25) is 0 Å². The molecule has 1 aromatic rings. The van der Waals surface area contributed by atoms with Crippen LogP contribution < -0.4 is 0 Å². The normalized spacial score (nSPS) is 36.5. The Labute approximate surface area is 121 Å². The summed E-state index contributed by atoms with van der Waals surface area (Å²) in [5.41, 5.74) is 0.105. The molecule has 2 aliphatic carbocycles. The highest BCUT2D eigenvalue weighted by Gasteiger charge is 2.51. The van der Waals surface area contributed by atoms with Crippen molar-refractivity contribution < 1.29 is 10.2 Å². The summed E-state index contributed by atoms with van der Waals surface area (Å²) < 4.78 is 0. The van der Waals surface area contributed by atoms with Crippen molar-refractivity contribution >= 4 is 0 Å². The van der Waals surface area contributed by atoms with Gasteiger partial charge in [-0.1, -0.05) is 18.6 Å². The molecule has 2 saturated carbocycles. The van der Waals surface area contributed by atoms with Crippen molar-refractivity contribution in [1.29, 1.82) is 0 Å². The van der Waals surface area contributed by atoms with Crippen LogP contribution in [0.2, 0.25) is 0 Å². The average Bonchev–Trinajstić information content (AvgIpc) is 2.78. The number of aromatic hydroxyl groups is 1. The summed E-state index contributed by atoms with van der Waals surface area (Å²) in [6.45, 7) is 0.906. The Balaban J connectivity index is 1.98. The summed E-state index contributed by atoms with van der Waals surface area (Å²) >= 11 is 0. The minimum absolute atomic E-state index is 0.248. The standard InChI is InChI=1S/C17H25NO2/c1-18(2)11-16-13-7-6-12(8-13)10-17(16,20)14-4-3-5-15(19)9-14/h3-5,9,12-13,16,19-20H,6-8,10-11H2,1-2H3/t12-,13+,16-,17-/m1/s1. The fourth-order valence-corrected chi connectivity index (χ4v) is 4.45. The van der Waals surface area contributed by atoms with Crippen LogP contribution in [0, 0.1) is 17.8 Å². The van der Waals surface area contributed by atoms with E-state index in [4.69, 9.17) is 0 Å². The van der Waals surface area contributed by atoms with Crippen molar-refractivity contribution in [1.82, 2.24) is 4.90 Å². The van der Waals surface area contributed by atoms with Crippen LogP contribution in [0.5, 0.6) is 5.75 Å². The zero-order chi connectivity index (χ0) is 14.3. The van der Waals surface area contributed by atoms with Crippen molar-refractivity contribution in [3.05, 3.63) is 29.8 Å². The summed E-state index contributed by atoms with van der Waals surface area (Å²) in [7, 11) is 4.15. The van der Waals surface area contributed by atoms with Gasteiger partial charge in [-0.25, -0.2) is 0 Å². The van der Waals surface area contributed by atoms with Crippen LogP contribution in [0.3, 0.4) is 0 Å². The molecule has 2 fully saturated rings. The third-order valence-corrected chi connectivity index (χ3v) is 5.27. The van der Waals surface area contributed by atoms with E-state index in [1.165, 1.54) is 19.3 Å². The first-order chi connectivity index (χ1) is 9.49. The van der Waals surface area contributed by atoms with Crippen LogP contribution in [0.1, 0.15) is 31.2 Å². The van der Waals surface area contributed by atoms with E-state index in [1.54, 1.807) is 12.1 Å². The Morgan fingerprint density at radius 2 is 2.10 bits per heavy atom. The van der Waals surface area contributed by atoms with Crippen LogP contribution in [0.15, 0.2) is 24.3 Å². The molecule has 0 aromatic heterocycles. The van der Waals surface area contributed by atoms with Gasteiger partial charge in [0.1, 0.15) is 5.75 Å². The van der Waals surface area contributed by atoms with Crippen molar-refractivity contribution in [2.24, 2.45) is 17.8 Å². The van der Waals surface area contributed by atoms with E-state index < -0.39 is 5.60 Å². The lowest BCUT2D eigenvalue weighted by Gasteiger charge is -2.45. The van der Waals surface area contributed by atoms with Gasteiger partial charge in [0.05, 0.1) is 5.60 Å². The molecule has 3 nitrogen and oxygen atoms in total. The Morgan fingerprint density at radius 3 is 2.80 bits per heavy atom. The molecule has 20 heavy (non-hydrogen) atoms. The van der Waals surface area contributed by atoms with Crippen molar-refractivity contribution in [3.8, 4) is 5.75 Å². The molecule has 0 heterocycles. The molecule has 110 valence electrons. The van der Waals surface area contributed by atoms with E-state index >= 15 is 0 Å². The third-order valence-electron chi connectivity index (χ3n) is 5.27. The summed E-state index contributed by atoms with van der Waals surface area (Å²) in [6, 6.07) is 7.22. The van der Waals surface area contributed by atoms with Crippen molar-refractivity contribution in [3.63, 3.8) is 0 Å². The lowest BCUT2D eigenvalue weighted by atomic mass is 9.66. The Bertz CT molecular complexity index is 488. The molecule has 0 unspecified atom stereocenters. The lowest BCUT2D eigenvalue weighted by molar-refractivity contribution is -0.0892. The summed E-state index contributed by atoms with van der Waals surface area (Å²) in [5, 5.41) is 21.2. The van der Waals surface area contributed by atoms with Gasteiger partial charge >= 0.3 is 0 Å². The number of nitrogens with zero attached hydrogens (tertiary/aromatic N) is 1. The van der Waals surface area contributed by atoms with E-state index in [2.05, 4.69) is 19.0 Å². The quantitative estimate of drug-likeness (QED) is 0.891. The van der Waals surface area contributed by atoms with Crippen LogP contribution >= 0.6 is 0 Å². The van der Waals surface area contributed by atoms with Crippen LogP contribution in [-0.4, -0.2) is 35.8 Å². The van der Waals surface area contributed by atoms with Crippen LogP contribution in [-0.2, 0) is 5.60 Å². The zero-order valence-electron chi connectivity index (χ0n) is 12.4. The second kappa shape index (κ2) is 5.05. The topological polar surface area (TPSA) is 43.7 Å². The van der Waals surface area contributed by atoms with E-state index in [0.717, 1.165) is 18.5 Å².